The van der Waals surface area contributed by atoms with Gasteiger partial charge in [0, 0.05) is 6.42 Å². The summed E-state index contributed by atoms with van der Waals surface area (Å²) in [5.74, 6) is 2.56. The average molecular weight is 201 g/mol. The maximum Gasteiger partial charge on any atom is 0.113 e. The van der Waals surface area contributed by atoms with Gasteiger partial charge in [0.1, 0.15) is 11.0 Å². The minimum atomic E-state index is 0.668. The second-order valence-corrected chi connectivity index (χ2v) is 2.74. The maximum atomic E-state index is 5.15. The molecule has 0 atom stereocenters. The fourth-order valence-corrected chi connectivity index (χ4v) is 1.17. The van der Waals surface area contributed by atoms with Crippen molar-refractivity contribution < 1.29 is 0 Å². The summed E-state index contributed by atoms with van der Waals surface area (Å²) in [6.07, 6.45) is 5.82. The molecule has 3 heteroatoms. The first-order valence-corrected chi connectivity index (χ1v) is 5.13. The molecule has 0 unspecified atom stereocenters. The van der Waals surface area contributed by atoms with Gasteiger partial charge in [0.15, 0.2) is 0 Å². The van der Waals surface area contributed by atoms with Gasteiger partial charge in [-0.25, -0.2) is 0 Å². The molecule has 3 nitrogen and oxygen atoms in total. The van der Waals surface area contributed by atoms with Crippen LogP contribution in [-0.2, 0) is 6.54 Å². The fourth-order valence-electron chi connectivity index (χ4n) is 1.17. The van der Waals surface area contributed by atoms with Crippen LogP contribution >= 0.6 is 0 Å². The molecule has 0 fully saturated rings. The number of nitrogens with zero attached hydrogens (tertiary/aromatic N) is 3. The molecule has 0 bridgehead atoms. The van der Waals surface area contributed by atoms with E-state index in [0.29, 0.717) is 13.0 Å². The molecule has 2 aromatic rings. The van der Waals surface area contributed by atoms with E-state index in [1.54, 1.807) is 4.80 Å². The highest BCUT2D eigenvalue weighted by Crippen LogP contribution is 2.06. The van der Waals surface area contributed by atoms with Crippen LogP contribution in [0.25, 0.3) is 11.0 Å². The summed E-state index contributed by atoms with van der Waals surface area (Å²) < 4.78 is 0. The van der Waals surface area contributed by atoms with Gasteiger partial charge < -0.3 is 0 Å². The lowest BCUT2D eigenvalue weighted by atomic mass is 10.3. The van der Waals surface area contributed by atoms with Crippen molar-refractivity contribution in [2.24, 2.45) is 0 Å². The third-order valence-corrected chi connectivity index (χ3v) is 1.78. The zero-order valence-electron chi connectivity index (χ0n) is 9.14. The van der Waals surface area contributed by atoms with Crippen LogP contribution in [0.5, 0.6) is 0 Å². The second kappa shape index (κ2) is 5.82. The Morgan fingerprint density at radius 1 is 1.20 bits per heavy atom. The predicted molar refractivity (Wildman–Crippen MR) is 62.3 cm³/mol. The van der Waals surface area contributed by atoms with Crippen molar-refractivity contribution in [3.63, 3.8) is 0 Å². The summed E-state index contributed by atoms with van der Waals surface area (Å²) in [6.45, 7) is 4.69. The molecule has 1 aromatic carbocycles. The van der Waals surface area contributed by atoms with Crippen molar-refractivity contribution in [3.8, 4) is 12.3 Å². The lowest BCUT2D eigenvalue weighted by Crippen LogP contribution is -2.00. The monoisotopic (exact) mass is 201 g/mol. The average Bonchev–Trinajstić information content (AvgIpc) is 2.71. The Kier molecular flexibility index (Phi) is 4.36. The molecule has 0 N–H and O–H groups in total. The van der Waals surface area contributed by atoms with Crippen LogP contribution in [0.4, 0.5) is 0 Å². The molecule has 1 heterocycles. The quantitative estimate of drug-likeness (QED) is 0.699. The van der Waals surface area contributed by atoms with E-state index in [1.165, 1.54) is 0 Å². The molecule has 0 amide bonds. The number of terminal acetylenes is 1. The van der Waals surface area contributed by atoms with Gasteiger partial charge in [0.25, 0.3) is 0 Å². The molecule has 2 rings (SSSR count). The molecule has 78 valence electrons. The number of benzene rings is 1. The van der Waals surface area contributed by atoms with Crippen molar-refractivity contribution in [1.29, 1.82) is 0 Å². The number of aryl methyl sites for hydroxylation is 1. The van der Waals surface area contributed by atoms with Crippen LogP contribution in [0.2, 0.25) is 0 Å². The minimum Gasteiger partial charge on any atom is -0.183 e. The Balaban J connectivity index is 0.000000531. The number of hydrogen-bond donors (Lipinski definition) is 0. The molecule has 0 saturated heterocycles. The Bertz CT molecular complexity index is 418. The van der Waals surface area contributed by atoms with E-state index in [9.17, 15) is 0 Å². The van der Waals surface area contributed by atoms with Crippen molar-refractivity contribution in [1.82, 2.24) is 15.0 Å². The Morgan fingerprint density at radius 3 is 2.20 bits per heavy atom. The maximum absolute atomic E-state index is 5.15. The van der Waals surface area contributed by atoms with Crippen LogP contribution in [0.15, 0.2) is 24.3 Å². The number of aromatic nitrogens is 3. The third-order valence-electron chi connectivity index (χ3n) is 1.78. The molecule has 0 aliphatic rings. The van der Waals surface area contributed by atoms with Crippen LogP contribution in [0.3, 0.4) is 0 Å². The summed E-state index contributed by atoms with van der Waals surface area (Å²) in [6, 6.07) is 7.77. The highest BCUT2D eigenvalue weighted by atomic mass is 15.5. The fraction of sp³-hybridized carbons (Fsp3) is 0.333. The smallest absolute Gasteiger partial charge is 0.113 e. The number of hydrogen-bond acceptors (Lipinski definition) is 2. The van der Waals surface area contributed by atoms with Gasteiger partial charge in [0.2, 0.25) is 0 Å². The standard InChI is InChI=1S/C10H9N3.C2H6/c1-2-3-8-13-11-9-6-4-5-7-10(9)12-13;1-2/h1,4-7H,3,8H2;1-2H3. The lowest BCUT2D eigenvalue weighted by molar-refractivity contribution is 0.555. The van der Waals surface area contributed by atoms with E-state index in [4.69, 9.17) is 6.42 Å². The molecule has 0 aliphatic heterocycles. The Morgan fingerprint density at radius 2 is 1.73 bits per heavy atom. The SMILES string of the molecule is C#CCCn1nc2ccccc2n1.CC. The Labute approximate surface area is 90.1 Å². The highest BCUT2D eigenvalue weighted by molar-refractivity contribution is 5.72. The normalized spacial score (nSPS) is 9.13. The molecule has 0 saturated carbocycles. The first-order chi connectivity index (χ1) is 7.40. The topological polar surface area (TPSA) is 30.7 Å². The molecule has 0 spiro atoms. The third kappa shape index (κ3) is 2.81. The summed E-state index contributed by atoms with van der Waals surface area (Å²) in [5.41, 5.74) is 1.83. The van der Waals surface area contributed by atoms with Crippen LogP contribution < -0.4 is 0 Å². The second-order valence-electron chi connectivity index (χ2n) is 2.74. The minimum absolute atomic E-state index is 0.668. The van der Waals surface area contributed by atoms with Crippen molar-refractivity contribution >= 4 is 11.0 Å². The number of rotatable bonds is 2. The van der Waals surface area contributed by atoms with Gasteiger partial charge in [-0.1, -0.05) is 26.0 Å². The predicted octanol–water partition coefficient (Wildman–Crippen LogP) is 2.48. The van der Waals surface area contributed by atoms with Gasteiger partial charge >= 0.3 is 0 Å². The lowest BCUT2D eigenvalue weighted by Gasteiger charge is -1.90. The van der Waals surface area contributed by atoms with Gasteiger partial charge in [-0.2, -0.15) is 15.0 Å². The van der Waals surface area contributed by atoms with Crippen molar-refractivity contribution in [2.45, 2.75) is 26.8 Å². The van der Waals surface area contributed by atoms with E-state index in [1.807, 2.05) is 38.1 Å². The molecule has 0 radical (unpaired) electrons. The number of fused-ring (bicyclic) bond motifs is 1. The zero-order chi connectivity index (χ0) is 11.1. The van der Waals surface area contributed by atoms with Crippen molar-refractivity contribution in [2.75, 3.05) is 0 Å². The van der Waals surface area contributed by atoms with Gasteiger partial charge in [-0.15, -0.1) is 12.3 Å². The van der Waals surface area contributed by atoms with E-state index < -0.39 is 0 Å². The summed E-state index contributed by atoms with van der Waals surface area (Å²) >= 11 is 0. The molecule has 15 heavy (non-hydrogen) atoms. The van der Waals surface area contributed by atoms with E-state index in [2.05, 4.69) is 16.1 Å². The van der Waals surface area contributed by atoms with Gasteiger partial charge in [-0.05, 0) is 12.1 Å². The van der Waals surface area contributed by atoms with E-state index >= 15 is 0 Å². The largest absolute Gasteiger partial charge is 0.183 e. The van der Waals surface area contributed by atoms with E-state index in [-0.39, 0.29) is 0 Å². The summed E-state index contributed by atoms with van der Waals surface area (Å²) in [7, 11) is 0. The molecule has 1 aromatic heterocycles. The van der Waals surface area contributed by atoms with Crippen LogP contribution in [0.1, 0.15) is 20.3 Å². The first-order valence-electron chi connectivity index (χ1n) is 5.13. The van der Waals surface area contributed by atoms with Gasteiger partial charge in [-0.3, -0.25) is 0 Å². The van der Waals surface area contributed by atoms with Crippen LogP contribution in [-0.4, -0.2) is 15.0 Å². The summed E-state index contributed by atoms with van der Waals surface area (Å²) in [5, 5.41) is 8.52. The molecular weight excluding hydrogens is 186 g/mol. The highest BCUT2D eigenvalue weighted by Gasteiger charge is 1.98. The van der Waals surface area contributed by atoms with Gasteiger partial charge in [0.05, 0.1) is 6.54 Å². The first kappa shape index (κ1) is 11.3. The zero-order valence-corrected chi connectivity index (χ0v) is 9.14. The van der Waals surface area contributed by atoms with E-state index in [0.717, 1.165) is 11.0 Å². The summed E-state index contributed by atoms with van der Waals surface area (Å²) in [4.78, 5) is 1.64. The van der Waals surface area contributed by atoms with Crippen LogP contribution in [0, 0.1) is 12.3 Å². The molecule has 0 aliphatic carbocycles. The molecular formula is C12H15N3. The Hall–Kier alpha value is -1.82. The van der Waals surface area contributed by atoms with Crippen molar-refractivity contribution in [3.05, 3.63) is 24.3 Å².